The van der Waals surface area contributed by atoms with Crippen LogP contribution in [0.5, 0.6) is 0 Å². The molecule has 0 saturated heterocycles. The van der Waals surface area contributed by atoms with Crippen molar-refractivity contribution >= 4 is 10.9 Å². The highest BCUT2D eigenvalue weighted by Crippen LogP contribution is 2.24. The minimum absolute atomic E-state index is 0.0327. The molecular formula is C15H18N2. The van der Waals surface area contributed by atoms with Gasteiger partial charge in [0.2, 0.25) is 0 Å². The zero-order valence-electron chi connectivity index (χ0n) is 10.2. The number of fused-ring (bicyclic) bond motifs is 1. The molecule has 1 unspecified atom stereocenters. The second kappa shape index (κ2) is 5.11. The van der Waals surface area contributed by atoms with E-state index in [1.807, 2.05) is 25.3 Å². The molecule has 2 aromatic rings. The number of benzene rings is 1. The van der Waals surface area contributed by atoms with Crippen LogP contribution < -0.4 is 5.73 Å². The van der Waals surface area contributed by atoms with E-state index < -0.39 is 0 Å². The molecule has 1 atom stereocenters. The number of allylic oxidation sites excluding steroid dienone is 1. The van der Waals surface area contributed by atoms with Crippen LogP contribution in [0.1, 0.15) is 31.4 Å². The van der Waals surface area contributed by atoms with E-state index >= 15 is 0 Å². The van der Waals surface area contributed by atoms with E-state index in [4.69, 9.17) is 5.73 Å². The molecule has 0 amide bonds. The Kier molecular flexibility index (Phi) is 3.55. The molecule has 17 heavy (non-hydrogen) atoms. The average molecular weight is 226 g/mol. The molecule has 2 nitrogen and oxygen atoms in total. The van der Waals surface area contributed by atoms with Crippen molar-refractivity contribution in [1.82, 2.24) is 4.98 Å². The third-order valence-corrected chi connectivity index (χ3v) is 2.95. The van der Waals surface area contributed by atoms with Crippen molar-refractivity contribution in [2.24, 2.45) is 5.73 Å². The monoisotopic (exact) mass is 226 g/mol. The summed E-state index contributed by atoms with van der Waals surface area (Å²) in [5.41, 5.74) is 9.55. The number of rotatable bonds is 4. The molecule has 0 fully saturated rings. The standard InChI is InChI=1S/C15H18N2/c1-11(2)8-9-14(16)13-7-3-5-12-6-4-10-17-15(12)13/h3-7,10,14H,1,8-9,16H2,2H3. The lowest BCUT2D eigenvalue weighted by atomic mass is 9.98. The molecule has 2 rings (SSSR count). The summed E-state index contributed by atoms with van der Waals surface area (Å²) in [7, 11) is 0. The fraction of sp³-hybridized carbons (Fsp3) is 0.267. The number of nitrogens with zero attached hydrogens (tertiary/aromatic N) is 1. The number of hydrogen-bond donors (Lipinski definition) is 1. The first-order chi connectivity index (χ1) is 8.18. The van der Waals surface area contributed by atoms with Gasteiger partial charge >= 0.3 is 0 Å². The summed E-state index contributed by atoms with van der Waals surface area (Å²) in [5, 5.41) is 1.15. The number of nitrogens with two attached hydrogens (primary N) is 1. The molecule has 2 N–H and O–H groups in total. The zero-order chi connectivity index (χ0) is 12.3. The largest absolute Gasteiger partial charge is 0.324 e. The minimum atomic E-state index is 0.0327. The SMILES string of the molecule is C=C(C)CCC(N)c1cccc2cccnc12. The summed E-state index contributed by atoms with van der Waals surface area (Å²) in [4.78, 5) is 4.43. The summed E-state index contributed by atoms with van der Waals surface area (Å²) in [6.07, 6.45) is 3.70. The van der Waals surface area contributed by atoms with Crippen molar-refractivity contribution < 1.29 is 0 Å². The van der Waals surface area contributed by atoms with Crippen LogP contribution in [0.2, 0.25) is 0 Å². The van der Waals surface area contributed by atoms with Crippen LogP contribution in [0.15, 0.2) is 48.7 Å². The fourth-order valence-corrected chi connectivity index (χ4v) is 1.98. The van der Waals surface area contributed by atoms with Gasteiger partial charge in [0.05, 0.1) is 5.52 Å². The maximum Gasteiger partial charge on any atom is 0.0749 e. The predicted molar refractivity (Wildman–Crippen MR) is 72.7 cm³/mol. The van der Waals surface area contributed by atoms with E-state index in [1.54, 1.807) is 0 Å². The van der Waals surface area contributed by atoms with Gasteiger partial charge in [-0.3, -0.25) is 4.98 Å². The van der Waals surface area contributed by atoms with Crippen molar-refractivity contribution in [3.8, 4) is 0 Å². The van der Waals surface area contributed by atoms with E-state index in [0.717, 1.165) is 29.3 Å². The predicted octanol–water partition coefficient (Wildman–Crippen LogP) is 3.59. The van der Waals surface area contributed by atoms with Crippen molar-refractivity contribution in [3.63, 3.8) is 0 Å². The second-order valence-electron chi connectivity index (χ2n) is 4.52. The Morgan fingerprint density at radius 3 is 2.88 bits per heavy atom. The maximum absolute atomic E-state index is 6.23. The Bertz CT molecular complexity index is 526. The third-order valence-electron chi connectivity index (χ3n) is 2.95. The average Bonchev–Trinajstić information content (AvgIpc) is 2.35. The third kappa shape index (κ3) is 2.71. The van der Waals surface area contributed by atoms with Crippen LogP contribution >= 0.6 is 0 Å². The van der Waals surface area contributed by atoms with Gasteiger partial charge in [0.25, 0.3) is 0 Å². The normalized spacial score (nSPS) is 12.6. The first kappa shape index (κ1) is 11.8. The zero-order valence-corrected chi connectivity index (χ0v) is 10.2. The summed E-state index contributed by atoms with van der Waals surface area (Å²) in [5.74, 6) is 0. The van der Waals surface area contributed by atoms with Crippen LogP contribution in [0.4, 0.5) is 0 Å². The lowest BCUT2D eigenvalue weighted by molar-refractivity contribution is 0.652. The fourth-order valence-electron chi connectivity index (χ4n) is 1.98. The minimum Gasteiger partial charge on any atom is -0.324 e. The van der Waals surface area contributed by atoms with Gasteiger partial charge in [0.1, 0.15) is 0 Å². The molecule has 1 heterocycles. The Balaban J connectivity index is 2.31. The van der Waals surface area contributed by atoms with Gasteiger partial charge in [0, 0.05) is 17.6 Å². The Morgan fingerprint density at radius 1 is 1.35 bits per heavy atom. The van der Waals surface area contributed by atoms with Gasteiger partial charge in [-0.25, -0.2) is 0 Å². The van der Waals surface area contributed by atoms with Gasteiger partial charge in [-0.15, -0.1) is 6.58 Å². The van der Waals surface area contributed by atoms with Crippen LogP contribution in [0.25, 0.3) is 10.9 Å². The number of hydrogen-bond acceptors (Lipinski definition) is 2. The first-order valence-corrected chi connectivity index (χ1v) is 5.92. The van der Waals surface area contributed by atoms with Crippen molar-refractivity contribution in [1.29, 1.82) is 0 Å². The molecule has 0 saturated carbocycles. The van der Waals surface area contributed by atoms with Gasteiger partial charge in [-0.2, -0.15) is 0 Å². The molecule has 2 heteroatoms. The first-order valence-electron chi connectivity index (χ1n) is 5.92. The summed E-state index contributed by atoms with van der Waals surface area (Å²) >= 11 is 0. The lowest BCUT2D eigenvalue weighted by Gasteiger charge is -2.13. The molecular weight excluding hydrogens is 208 g/mol. The highest BCUT2D eigenvalue weighted by molar-refractivity contribution is 5.81. The highest BCUT2D eigenvalue weighted by Gasteiger charge is 2.10. The molecule has 0 aliphatic heterocycles. The van der Waals surface area contributed by atoms with E-state index in [2.05, 4.69) is 29.8 Å². The lowest BCUT2D eigenvalue weighted by Crippen LogP contribution is -2.11. The molecule has 0 spiro atoms. The van der Waals surface area contributed by atoms with Gasteiger partial charge in [0.15, 0.2) is 0 Å². The van der Waals surface area contributed by atoms with Gasteiger partial charge < -0.3 is 5.73 Å². The van der Waals surface area contributed by atoms with Crippen molar-refractivity contribution in [3.05, 3.63) is 54.2 Å². The van der Waals surface area contributed by atoms with Crippen molar-refractivity contribution in [2.45, 2.75) is 25.8 Å². The van der Waals surface area contributed by atoms with Gasteiger partial charge in [-0.05, 0) is 31.4 Å². The molecule has 1 aromatic carbocycles. The molecule has 0 aliphatic carbocycles. The van der Waals surface area contributed by atoms with E-state index in [-0.39, 0.29) is 6.04 Å². The summed E-state index contributed by atoms with van der Waals surface area (Å²) in [6.45, 7) is 5.95. The molecule has 0 aliphatic rings. The summed E-state index contributed by atoms with van der Waals surface area (Å²) in [6, 6.07) is 10.2. The summed E-state index contributed by atoms with van der Waals surface area (Å²) < 4.78 is 0. The Hall–Kier alpha value is -1.67. The smallest absolute Gasteiger partial charge is 0.0749 e. The topological polar surface area (TPSA) is 38.9 Å². The van der Waals surface area contributed by atoms with Gasteiger partial charge in [-0.1, -0.05) is 29.8 Å². The second-order valence-corrected chi connectivity index (χ2v) is 4.52. The highest BCUT2D eigenvalue weighted by atomic mass is 14.7. The Labute approximate surface area is 102 Å². The van der Waals surface area contributed by atoms with Crippen LogP contribution in [0.3, 0.4) is 0 Å². The van der Waals surface area contributed by atoms with E-state index in [0.29, 0.717) is 0 Å². The molecule has 0 bridgehead atoms. The van der Waals surface area contributed by atoms with Crippen molar-refractivity contribution in [2.75, 3.05) is 0 Å². The molecule has 88 valence electrons. The molecule has 0 radical (unpaired) electrons. The van der Waals surface area contributed by atoms with Crippen LogP contribution in [-0.2, 0) is 0 Å². The number of aromatic nitrogens is 1. The number of pyridine rings is 1. The quantitative estimate of drug-likeness (QED) is 0.809. The van der Waals surface area contributed by atoms with E-state index in [1.165, 1.54) is 5.57 Å². The molecule has 1 aromatic heterocycles. The Morgan fingerprint density at radius 2 is 2.12 bits per heavy atom. The number of para-hydroxylation sites is 1. The van der Waals surface area contributed by atoms with E-state index in [9.17, 15) is 0 Å². The maximum atomic E-state index is 6.23. The van der Waals surface area contributed by atoms with Crippen LogP contribution in [0, 0.1) is 0 Å². The van der Waals surface area contributed by atoms with Crippen LogP contribution in [-0.4, -0.2) is 4.98 Å².